The Morgan fingerprint density at radius 2 is 1.90 bits per heavy atom. The molecule has 0 saturated heterocycles. The zero-order chi connectivity index (χ0) is 14.0. The molecule has 0 aliphatic heterocycles. The Kier molecular flexibility index (Phi) is 2.93. The standard InChI is InChI=1S/C15H12N4O/c1-15(20,14-16-9-4-10-17-14)8-7-13-11-5-2-3-6-12(11)18-19-13/h2-6,9-10,20H,1H3,(H,18,19). The molecule has 0 saturated carbocycles. The van der Waals surface area contributed by atoms with Crippen LogP contribution in [-0.2, 0) is 5.60 Å². The van der Waals surface area contributed by atoms with Crippen molar-refractivity contribution in [2.75, 3.05) is 0 Å². The van der Waals surface area contributed by atoms with Gasteiger partial charge in [-0.15, -0.1) is 0 Å². The number of aromatic nitrogens is 4. The van der Waals surface area contributed by atoms with Crippen molar-refractivity contribution in [2.24, 2.45) is 0 Å². The molecule has 3 rings (SSSR count). The fourth-order valence-corrected chi connectivity index (χ4v) is 1.84. The Morgan fingerprint density at radius 1 is 1.15 bits per heavy atom. The number of fused-ring (bicyclic) bond motifs is 1. The third-order valence-corrected chi connectivity index (χ3v) is 2.89. The van der Waals surface area contributed by atoms with E-state index < -0.39 is 5.60 Å². The molecule has 0 fully saturated rings. The number of aromatic amines is 1. The molecule has 1 unspecified atom stereocenters. The van der Waals surface area contributed by atoms with Gasteiger partial charge in [0.1, 0.15) is 5.69 Å². The number of rotatable bonds is 1. The molecular formula is C15H12N4O. The van der Waals surface area contributed by atoms with E-state index in [0.717, 1.165) is 10.9 Å². The lowest BCUT2D eigenvalue weighted by atomic mass is 10.1. The summed E-state index contributed by atoms with van der Waals surface area (Å²) in [6, 6.07) is 9.34. The van der Waals surface area contributed by atoms with Crippen LogP contribution < -0.4 is 0 Å². The summed E-state index contributed by atoms with van der Waals surface area (Å²) in [5.41, 5.74) is 0.0946. The summed E-state index contributed by atoms with van der Waals surface area (Å²) in [6.45, 7) is 1.56. The van der Waals surface area contributed by atoms with Crippen molar-refractivity contribution in [3.8, 4) is 11.8 Å². The number of nitrogens with zero attached hydrogens (tertiary/aromatic N) is 3. The topological polar surface area (TPSA) is 74.7 Å². The van der Waals surface area contributed by atoms with Crippen LogP contribution in [0.25, 0.3) is 10.9 Å². The van der Waals surface area contributed by atoms with Crippen LogP contribution >= 0.6 is 0 Å². The van der Waals surface area contributed by atoms with Crippen LogP contribution in [0.4, 0.5) is 0 Å². The van der Waals surface area contributed by atoms with Gasteiger partial charge in [-0.1, -0.05) is 18.1 Å². The van der Waals surface area contributed by atoms with Gasteiger partial charge in [-0.3, -0.25) is 5.10 Å². The first kappa shape index (κ1) is 12.3. The van der Waals surface area contributed by atoms with Gasteiger partial charge >= 0.3 is 0 Å². The van der Waals surface area contributed by atoms with E-state index in [-0.39, 0.29) is 5.82 Å². The Morgan fingerprint density at radius 3 is 2.70 bits per heavy atom. The predicted molar refractivity (Wildman–Crippen MR) is 74.6 cm³/mol. The maximum Gasteiger partial charge on any atom is 0.182 e. The molecule has 0 aliphatic carbocycles. The number of benzene rings is 1. The van der Waals surface area contributed by atoms with Crippen LogP contribution in [0.3, 0.4) is 0 Å². The van der Waals surface area contributed by atoms with Gasteiger partial charge in [-0.25, -0.2) is 9.97 Å². The van der Waals surface area contributed by atoms with Gasteiger partial charge in [-0.2, -0.15) is 5.10 Å². The number of H-pyrrole nitrogens is 1. The third kappa shape index (κ3) is 2.25. The van der Waals surface area contributed by atoms with Crippen molar-refractivity contribution >= 4 is 10.9 Å². The van der Waals surface area contributed by atoms with Crippen molar-refractivity contribution in [1.29, 1.82) is 0 Å². The fraction of sp³-hybridized carbons (Fsp3) is 0.133. The smallest absolute Gasteiger partial charge is 0.182 e. The largest absolute Gasteiger partial charge is 0.371 e. The minimum absolute atomic E-state index is 0.274. The second kappa shape index (κ2) is 4.76. The number of hydrogen-bond donors (Lipinski definition) is 2. The van der Waals surface area contributed by atoms with Gasteiger partial charge in [0.05, 0.1) is 5.52 Å². The van der Waals surface area contributed by atoms with E-state index in [0.29, 0.717) is 5.69 Å². The predicted octanol–water partition coefficient (Wildman–Crippen LogP) is 1.61. The number of para-hydroxylation sites is 1. The number of aliphatic hydroxyl groups is 1. The van der Waals surface area contributed by atoms with E-state index in [1.807, 2.05) is 24.3 Å². The maximum atomic E-state index is 10.3. The van der Waals surface area contributed by atoms with Crippen molar-refractivity contribution in [1.82, 2.24) is 20.2 Å². The Bertz CT molecular complexity index is 797. The molecule has 0 amide bonds. The minimum atomic E-state index is -1.41. The molecule has 5 heteroatoms. The first-order valence-corrected chi connectivity index (χ1v) is 6.13. The average molecular weight is 264 g/mol. The van der Waals surface area contributed by atoms with E-state index >= 15 is 0 Å². The third-order valence-electron chi connectivity index (χ3n) is 2.89. The average Bonchev–Trinajstić information content (AvgIpc) is 2.89. The summed E-state index contributed by atoms with van der Waals surface area (Å²) in [5, 5.41) is 18.3. The fourth-order valence-electron chi connectivity index (χ4n) is 1.84. The van der Waals surface area contributed by atoms with E-state index in [1.54, 1.807) is 25.4 Å². The quantitative estimate of drug-likeness (QED) is 0.655. The molecular weight excluding hydrogens is 252 g/mol. The molecule has 3 aromatic rings. The molecule has 2 aromatic heterocycles. The normalized spacial score (nSPS) is 13.5. The van der Waals surface area contributed by atoms with Gasteiger partial charge in [-0.05, 0) is 31.0 Å². The highest BCUT2D eigenvalue weighted by atomic mass is 16.3. The first-order chi connectivity index (χ1) is 9.67. The molecule has 2 N–H and O–H groups in total. The highest BCUT2D eigenvalue weighted by Crippen LogP contribution is 2.17. The Balaban J connectivity index is 1.99. The molecule has 5 nitrogen and oxygen atoms in total. The van der Waals surface area contributed by atoms with Crippen molar-refractivity contribution in [3.63, 3.8) is 0 Å². The maximum absolute atomic E-state index is 10.3. The van der Waals surface area contributed by atoms with Crippen molar-refractivity contribution < 1.29 is 5.11 Å². The van der Waals surface area contributed by atoms with Crippen LogP contribution in [0.2, 0.25) is 0 Å². The lowest BCUT2D eigenvalue weighted by molar-refractivity contribution is 0.112. The van der Waals surface area contributed by atoms with Gasteiger partial charge in [0, 0.05) is 17.8 Å². The van der Waals surface area contributed by atoms with Crippen molar-refractivity contribution in [2.45, 2.75) is 12.5 Å². The molecule has 0 aliphatic rings. The Hall–Kier alpha value is -2.71. The van der Waals surface area contributed by atoms with Crippen LogP contribution in [0.1, 0.15) is 18.4 Å². The molecule has 2 heterocycles. The van der Waals surface area contributed by atoms with Crippen LogP contribution in [0, 0.1) is 11.8 Å². The van der Waals surface area contributed by atoms with E-state index in [4.69, 9.17) is 0 Å². The molecule has 1 aromatic carbocycles. The summed E-state index contributed by atoms with van der Waals surface area (Å²) in [6.07, 6.45) is 3.15. The van der Waals surface area contributed by atoms with Crippen LogP contribution in [0.15, 0.2) is 42.7 Å². The lowest BCUT2D eigenvalue weighted by Gasteiger charge is -2.13. The molecule has 0 radical (unpaired) electrons. The second-order valence-corrected chi connectivity index (χ2v) is 4.51. The SMILES string of the molecule is CC(O)(C#Cc1[nH]nc2ccccc12)c1ncccn1. The highest BCUT2D eigenvalue weighted by molar-refractivity contribution is 5.83. The van der Waals surface area contributed by atoms with E-state index in [9.17, 15) is 5.11 Å². The number of nitrogens with one attached hydrogen (secondary N) is 1. The molecule has 0 bridgehead atoms. The monoisotopic (exact) mass is 264 g/mol. The second-order valence-electron chi connectivity index (χ2n) is 4.51. The molecule has 1 atom stereocenters. The first-order valence-electron chi connectivity index (χ1n) is 6.13. The highest BCUT2D eigenvalue weighted by Gasteiger charge is 2.23. The summed E-state index contributed by atoms with van der Waals surface area (Å²) in [7, 11) is 0. The summed E-state index contributed by atoms with van der Waals surface area (Å²) in [5.74, 6) is 5.96. The van der Waals surface area contributed by atoms with Crippen molar-refractivity contribution in [3.05, 3.63) is 54.2 Å². The van der Waals surface area contributed by atoms with Crippen LogP contribution in [-0.4, -0.2) is 25.3 Å². The summed E-state index contributed by atoms with van der Waals surface area (Å²) < 4.78 is 0. The lowest BCUT2D eigenvalue weighted by Crippen LogP contribution is -2.21. The zero-order valence-electron chi connectivity index (χ0n) is 10.8. The van der Waals surface area contributed by atoms with Gasteiger partial charge < -0.3 is 5.11 Å². The Labute approximate surface area is 115 Å². The summed E-state index contributed by atoms with van der Waals surface area (Å²) in [4.78, 5) is 8.05. The van der Waals surface area contributed by atoms with Gasteiger partial charge in [0.25, 0.3) is 0 Å². The van der Waals surface area contributed by atoms with E-state index in [2.05, 4.69) is 32.0 Å². The number of hydrogen-bond acceptors (Lipinski definition) is 4. The molecule has 98 valence electrons. The van der Waals surface area contributed by atoms with Crippen LogP contribution in [0.5, 0.6) is 0 Å². The zero-order valence-corrected chi connectivity index (χ0v) is 10.8. The molecule has 0 spiro atoms. The van der Waals surface area contributed by atoms with E-state index in [1.165, 1.54) is 0 Å². The van der Waals surface area contributed by atoms with Gasteiger partial charge in [0.2, 0.25) is 0 Å². The summed E-state index contributed by atoms with van der Waals surface area (Å²) >= 11 is 0. The minimum Gasteiger partial charge on any atom is -0.371 e. The molecule has 20 heavy (non-hydrogen) atoms. The van der Waals surface area contributed by atoms with Gasteiger partial charge in [0.15, 0.2) is 11.4 Å².